The van der Waals surface area contributed by atoms with Gasteiger partial charge >= 0.3 is 0 Å². The quantitative estimate of drug-likeness (QED) is 0.400. The highest BCUT2D eigenvalue weighted by molar-refractivity contribution is 5.87. The van der Waals surface area contributed by atoms with Crippen molar-refractivity contribution in [3.63, 3.8) is 0 Å². The molecule has 134 valence electrons. The SMILES string of the molecule is CCCCCCCCCCCC(=O)N[C@H](CCC(N)=O)C(N)=O. The van der Waals surface area contributed by atoms with E-state index in [4.69, 9.17) is 11.5 Å². The van der Waals surface area contributed by atoms with Crippen LogP contribution < -0.4 is 16.8 Å². The molecule has 0 bridgehead atoms. The Hall–Kier alpha value is -1.59. The average Bonchev–Trinajstić information content (AvgIpc) is 2.49. The lowest BCUT2D eigenvalue weighted by Gasteiger charge is -2.14. The number of rotatable bonds is 15. The summed E-state index contributed by atoms with van der Waals surface area (Å²) in [5.74, 6) is -1.34. The van der Waals surface area contributed by atoms with Crippen LogP contribution >= 0.6 is 0 Å². The summed E-state index contributed by atoms with van der Waals surface area (Å²) in [6.45, 7) is 2.21. The molecule has 1 atom stereocenters. The molecule has 0 fully saturated rings. The van der Waals surface area contributed by atoms with Gasteiger partial charge in [0.2, 0.25) is 17.7 Å². The summed E-state index contributed by atoms with van der Waals surface area (Å²) in [7, 11) is 0. The fraction of sp³-hybridized carbons (Fsp3) is 0.824. The fourth-order valence-corrected chi connectivity index (χ4v) is 2.43. The minimum Gasteiger partial charge on any atom is -0.370 e. The molecular formula is C17H33N3O3. The zero-order chi connectivity index (χ0) is 17.5. The molecule has 0 rings (SSSR count). The maximum absolute atomic E-state index is 11.8. The Bertz CT molecular complexity index is 359. The van der Waals surface area contributed by atoms with E-state index in [1.807, 2.05) is 0 Å². The minimum atomic E-state index is -0.812. The zero-order valence-electron chi connectivity index (χ0n) is 14.4. The predicted octanol–water partition coefficient (Wildman–Crippen LogP) is 2.14. The van der Waals surface area contributed by atoms with E-state index in [0.717, 1.165) is 19.3 Å². The molecule has 0 unspecified atom stereocenters. The smallest absolute Gasteiger partial charge is 0.240 e. The third-order valence-corrected chi connectivity index (χ3v) is 3.87. The number of primary amides is 2. The topological polar surface area (TPSA) is 115 Å². The van der Waals surface area contributed by atoms with E-state index in [9.17, 15) is 14.4 Å². The van der Waals surface area contributed by atoms with E-state index in [1.165, 1.54) is 38.5 Å². The molecule has 0 saturated heterocycles. The van der Waals surface area contributed by atoms with Gasteiger partial charge in [-0.05, 0) is 12.8 Å². The molecule has 23 heavy (non-hydrogen) atoms. The van der Waals surface area contributed by atoms with Crippen LogP contribution in [-0.4, -0.2) is 23.8 Å². The number of unbranched alkanes of at least 4 members (excludes halogenated alkanes) is 8. The maximum Gasteiger partial charge on any atom is 0.240 e. The molecule has 6 nitrogen and oxygen atoms in total. The Balaban J connectivity index is 3.67. The number of carbonyl (C=O) groups is 3. The highest BCUT2D eigenvalue weighted by Crippen LogP contribution is 2.10. The van der Waals surface area contributed by atoms with Crippen LogP contribution in [0, 0.1) is 0 Å². The Kier molecular flexibility index (Phi) is 13.1. The molecule has 0 radical (unpaired) electrons. The van der Waals surface area contributed by atoms with E-state index in [2.05, 4.69) is 12.2 Å². The summed E-state index contributed by atoms with van der Waals surface area (Å²) < 4.78 is 0. The summed E-state index contributed by atoms with van der Waals surface area (Å²) in [5, 5.41) is 2.58. The van der Waals surface area contributed by atoms with Crippen LogP contribution in [0.5, 0.6) is 0 Å². The van der Waals surface area contributed by atoms with Crippen molar-refractivity contribution in [2.24, 2.45) is 11.5 Å². The zero-order valence-corrected chi connectivity index (χ0v) is 14.4. The molecule has 0 heterocycles. The highest BCUT2D eigenvalue weighted by Gasteiger charge is 2.18. The molecule has 0 aliphatic carbocycles. The largest absolute Gasteiger partial charge is 0.370 e. The summed E-state index contributed by atoms with van der Waals surface area (Å²) in [6, 6.07) is -0.812. The van der Waals surface area contributed by atoms with Gasteiger partial charge in [0.1, 0.15) is 6.04 Å². The van der Waals surface area contributed by atoms with Gasteiger partial charge < -0.3 is 16.8 Å². The van der Waals surface area contributed by atoms with Crippen molar-refractivity contribution in [1.82, 2.24) is 5.32 Å². The maximum atomic E-state index is 11.8. The van der Waals surface area contributed by atoms with Crippen LogP contribution in [-0.2, 0) is 14.4 Å². The molecule has 0 aromatic rings. The third-order valence-electron chi connectivity index (χ3n) is 3.87. The van der Waals surface area contributed by atoms with E-state index in [-0.39, 0.29) is 18.7 Å². The molecule has 5 N–H and O–H groups in total. The molecule has 6 heteroatoms. The summed E-state index contributed by atoms with van der Waals surface area (Å²) in [4.78, 5) is 33.7. The first-order valence-electron chi connectivity index (χ1n) is 8.84. The Labute approximate surface area is 139 Å². The molecule has 0 aliphatic rings. The number of hydrogen-bond donors (Lipinski definition) is 3. The van der Waals surface area contributed by atoms with Gasteiger partial charge in [-0.2, -0.15) is 0 Å². The number of amides is 3. The average molecular weight is 327 g/mol. The monoisotopic (exact) mass is 327 g/mol. The van der Waals surface area contributed by atoms with Crippen LogP contribution in [0.15, 0.2) is 0 Å². The Morgan fingerprint density at radius 3 is 1.83 bits per heavy atom. The standard InChI is InChI=1S/C17H33N3O3/c1-2-3-4-5-6-7-8-9-10-11-16(22)20-14(17(19)23)12-13-15(18)21/h14H,2-13H2,1H3,(H2,18,21)(H2,19,23)(H,20,22)/t14-/m1/s1. The minimum absolute atomic E-state index is 0.0336. The molecular weight excluding hydrogens is 294 g/mol. The molecule has 0 aromatic heterocycles. The molecule has 0 saturated carbocycles. The summed E-state index contributed by atoms with van der Waals surface area (Å²) in [5.41, 5.74) is 10.2. The van der Waals surface area contributed by atoms with Crippen molar-refractivity contribution in [3.05, 3.63) is 0 Å². The predicted molar refractivity (Wildman–Crippen MR) is 91.4 cm³/mol. The van der Waals surface area contributed by atoms with Crippen molar-refractivity contribution >= 4 is 17.7 Å². The van der Waals surface area contributed by atoms with Gasteiger partial charge in [-0.25, -0.2) is 0 Å². The van der Waals surface area contributed by atoms with Gasteiger partial charge in [0.15, 0.2) is 0 Å². The molecule has 0 spiro atoms. The van der Waals surface area contributed by atoms with Crippen molar-refractivity contribution in [1.29, 1.82) is 0 Å². The normalized spacial score (nSPS) is 11.9. The van der Waals surface area contributed by atoms with Crippen LogP contribution in [0.4, 0.5) is 0 Å². The van der Waals surface area contributed by atoms with E-state index in [0.29, 0.717) is 6.42 Å². The fourth-order valence-electron chi connectivity index (χ4n) is 2.43. The lowest BCUT2D eigenvalue weighted by Crippen LogP contribution is -2.44. The lowest BCUT2D eigenvalue weighted by atomic mass is 10.1. The van der Waals surface area contributed by atoms with Gasteiger partial charge in [0.25, 0.3) is 0 Å². The highest BCUT2D eigenvalue weighted by atomic mass is 16.2. The van der Waals surface area contributed by atoms with E-state index < -0.39 is 17.9 Å². The van der Waals surface area contributed by atoms with Gasteiger partial charge in [0.05, 0.1) is 0 Å². The van der Waals surface area contributed by atoms with Crippen LogP contribution in [0.1, 0.15) is 84.0 Å². The molecule has 0 aromatic carbocycles. The molecule has 0 aliphatic heterocycles. The summed E-state index contributed by atoms with van der Waals surface area (Å²) >= 11 is 0. The van der Waals surface area contributed by atoms with E-state index >= 15 is 0 Å². The number of nitrogens with one attached hydrogen (secondary N) is 1. The van der Waals surface area contributed by atoms with Gasteiger partial charge in [-0.3, -0.25) is 14.4 Å². The number of carbonyl (C=O) groups excluding carboxylic acids is 3. The van der Waals surface area contributed by atoms with E-state index in [1.54, 1.807) is 0 Å². The van der Waals surface area contributed by atoms with Crippen molar-refractivity contribution in [3.8, 4) is 0 Å². The number of hydrogen-bond acceptors (Lipinski definition) is 3. The van der Waals surface area contributed by atoms with Crippen molar-refractivity contribution < 1.29 is 14.4 Å². The van der Waals surface area contributed by atoms with Gasteiger partial charge in [-0.15, -0.1) is 0 Å². The first-order valence-corrected chi connectivity index (χ1v) is 8.84. The second kappa shape index (κ2) is 14.0. The second-order valence-corrected chi connectivity index (χ2v) is 6.11. The molecule has 3 amide bonds. The Morgan fingerprint density at radius 2 is 1.35 bits per heavy atom. The van der Waals surface area contributed by atoms with Gasteiger partial charge in [-0.1, -0.05) is 58.3 Å². The lowest BCUT2D eigenvalue weighted by molar-refractivity contribution is -0.128. The summed E-state index contributed by atoms with van der Waals surface area (Å²) in [6.07, 6.45) is 11.2. The van der Waals surface area contributed by atoms with Crippen LogP contribution in [0.3, 0.4) is 0 Å². The van der Waals surface area contributed by atoms with Crippen LogP contribution in [0.2, 0.25) is 0 Å². The Morgan fingerprint density at radius 1 is 0.826 bits per heavy atom. The first kappa shape index (κ1) is 21.4. The third kappa shape index (κ3) is 13.8. The number of nitrogens with two attached hydrogens (primary N) is 2. The van der Waals surface area contributed by atoms with Crippen LogP contribution in [0.25, 0.3) is 0 Å². The van der Waals surface area contributed by atoms with Crippen molar-refractivity contribution in [2.45, 2.75) is 90.0 Å². The second-order valence-electron chi connectivity index (χ2n) is 6.11. The first-order chi connectivity index (χ1) is 11.0. The van der Waals surface area contributed by atoms with Gasteiger partial charge in [0, 0.05) is 12.8 Å². The van der Waals surface area contributed by atoms with Crippen molar-refractivity contribution in [2.75, 3.05) is 0 Å².